The van der Waals surface area contributed by atoms with Gasteiger partial charge in [0.05, 0.1) is 22.9 Å². The highest BCUT2D eigenvalue weighted by molar-refractivity contribution is 6.64. The Morgan fingerprint density at radius 2 is 1.78 bits per heavy atom. The summed E-state index contributed by atoms with van der Waals surface area (Å²) in [6.45, 7) is 8.15. The lowest BCUT2D eigenvalue weighted by Gasteiger charge is -2.32. The minimum atomic E-state index is -0.392. The van der Waals surface area contributed by atoms with Crippen molar-refractivity contribution in [2.24, 2.45) is 0 Å². The summed E-state index contributed by atoms with van der Waals surface area (Å²) in [4.78, 5) is 0. The molecule has 0 amide bonds. The van der Waals surface area contributed by atoms with Crippen molar-refractivity contribution in [2.75, 3.05) is 0 Å². The number of nitrogens with zero attached hydrogens (tertiary/aromatic N) is 3. The average Bonchev–Trinajstić information content (AvgIpc) is 2.78. The van der Waals surface area contributed by atoms with E-state index in [1.54, 1.807) is 17.0 Å². The largest absolute Gasteiger partial charge is 0.498 e. The lowest BCUT2D eigenvalue weighted by molar-refractivity contribution is 0.00578. The van der Waals surface area contributed by atoms with E-state index in [-0.39, 0.29) is 11.2 Å². The molecule has 1 fully saturated rings. The van der Waals surface area contributed by atoms with Crippen LogP contribution in [0.2, 0.25) is 0 Å². The van der Waals surface area contributed by atoms with Crippen LogP contribution >= 0.6 is 0 Å². The van der Waals surface area contributed by atoms with Crippen LogP contribution in [0.1, 0.15) is 27.7 Å². The SMILES string of the molecule is CC1(C)OB(c2cnn3ncccc23)OC1(C)C. The monoisotopic (exact) mass is 245 g/mol. The molecular formula is C12H16BN3O2. The van der Waals surface area contributed by atoms with Crippen molar-refractivity contribution in [3.05, 3.63) is 24.5 Å². The first-order valence-electron chi connectivity index (χ1n) is 6.05. The quantitative estimate of drug-likeness (QED) is 0.704. The Kier molecular flexibility index (Phi) is 2.31. The van der Waals surface area contributed by atoms with E-state index >= 15 is 0 Å². The van der Waals surface area contributed by atoms with Crippen molar-refractivity contribution in [1.82, 2.24) is 14.8 Å². The van der Waals surface area contributed by atoms with Gasteiger partial charge in [-0.05, 0) is 39.8 Å². The van der Waals surface area contributed by atoms with E-state index in [1.807, 2.05) is 39.8 Å². The van der Waals surface area contributed by atoms with Gasteiger partial charge in [-0.2, -0.15) is 14.8 Å². The minimum Gasteiger partial charge on any atom is -0.399 e. The highest BCUT2D eigenvalue weighted by atomic mass is 16.7. The molecule has 6 heteroatoms. The standard InChI is InChI=1S/C12H16BN3O2/c1-11(2)12(3,4)18-13(17-11)9-8-15-16-10(9)6-5-7-14-16/h5-8H,1-4H3. The zero-order valence-corrected chi connectivity index (χ0v) is 11.0. The van der Waals surface area contributed by atoms with Crippen molar-refractivity contribution < 1.29 is 9.31 Å². The number of rotatable bonds is 1. The molecular weight excluding hydrogens is 229 g/mol. The summed E-state index contributed by atoms with van der Waals surface area (Å²) in [5.41, 5.74) is 1.15. The summed E-state index contributed by atoms with van der Waals surface area (Å²) in [6.07, 6.45) is 3.46. The average molecular weight is 245 g/mol. The zero-order chi connectivity index (χ0) is 13.0. The van der Waals surface area contributed by atoms with Gasteiger partial charge in [0, 0.05) is 11.7 Å². The fourth-order valence-corrected chi connectivity index (χ4v) is 2.00. The van der Waals surface area contributed by atoms with E-state index in [1.165, 1.54) is 0 Å². The minimum absolute atomic E-state index is 0.339. The smallest absolute Gasteiger partial charge is 0.399 e. The highest BCUT2D eigenvalue weighted by Gasteiger charge is 2.52. The fourth-order valence-electron chi connectivity index (χ4n) is 2.00. The summed E-state index contributed by atoms with van der Waals surface area (Å²) in [5, 5.41) is 8.34. The second-order valence-corrected chi connectivity index (χ2v) is 5.59. The number of hydrogen-bond acceptors (Lipinski definition) is 4. The molecule has 0 unspecified atom stereocenters. The fraction of sp³-hybridized carbons (Fsp3) is 0.500. The maximum atomic E-state index is 6.01. The Morgan fingerprint density at radius 1 is 1.11 bits per heavy atom. The first-order valence-corrected chi connectivity index (χ1v) is 6.05. The van der Waals surface area contributed by atoms with Crippen LogP contribution in [0, 0.1) is 0 Å². The summed E-state index contributed by atoms with van der Waals surface area (Å²) in [7, 11) is -0.392. The van der Waals surface area contributed by atoms with Gasteiger partial charge in [-0.15, -0.1) is 0 Å². The second kappa shape index (κ2) is 3.55. The number of aromatic nitrogens is 3. The Bertz CT molecular complexity index is 578. The lowest BCUT2D eigenvalue weighted by atomic mass is 9.80. The second-order valence-electron chi connectivity index (χ2n) is 5.59. The third-order valence-corrected chi connectivity index (χ3v) is 3.84. The normalized spacial score (nSPS) is 21.7. The zero-order valence-electron chi connectivity index (χ0n) is 11.0. The van der Waals surface area contributed by atoms with Gasteiger partial charge in [-0.25, -0.2) is 0 Å². The molecule has 0 aliphatic carbocycles. The van der Waals surface area contributed by atoms with Crippen molar-refractivity contribution in [2.45, 2.75) is 38.9 Å². The number of fused-ring (bicyclic) bond motifs is 1. The predicted octanol–water partition coefficient (Wildman–Crippen LogP) is 1.03. The predicted molar refractivity (Wildman–Crippen MR) is 68.7 cm³/mol. The molecule has 3 heterocycles. The molecule has 0 atom stereocenters. The van der Waals surface area contributed by atoms with Gasteiger partial charge >= 0.3 is 7.12 Å². The van der Waals surface area contributed by atoms with Crippen molar-refractivity contribution in [3.8, 4) is 0 Å². The Balaban J connectivity index is 2.03. The molecule has 94 valence electrons. The molecule has 2 aromatic heterocycles. The van der Waals surface area contributed by atoms with E-state index in [4.69, 9.17) is 9.31 Å². The van der Waals surface area contributed by atoms with E-state index in [0.29, 0.717) is 0 Å². The van der Waals surface area contributed by atoms with Gasteiger partial charge < -0.3 is 9.31 Å². The first-order chi connectivity index (χ1) is 8.41. The van der Waals surface area contributed by atoms with Gasteiger partial charge in [0.15, 0.2) is 0 Å². The van der Waals surface area contributed by atoms with Crippen molar-refractivity contribution in [1.29, 1.82) is 0 Å². The van der Waals surface area contributed by atoms with Crippen LogP contribution in [-0.2, 0) is 9.31 Å². The number of hydrogen-bond donors (Lipinski definition) is 0. The van der Waals surface area contributed by atoms with Crippen LogP contribution in [0.5, 0.6) is 0 Å². The molecule has 1 aliphatic rings. The van der Waals surface area contributed by atoms with Crippen LogP contribution in [0.25, 0.3) is 5.52 Å². The van der Waals surface area contributed by atoms with Crippen LogP contribution < -0.4 is 5.46 Å². The van der Waals surface area contributed by atoms with E-state index in [2.05, 4.69) is 10.2 Å². The maximum absolute atomic E-state index is 6.01. The Hall–Kier alpha value is -1.40. The molecule has 18 heavy (non-hydrogen) atoms. The van der Waals surface area contributed by atoms with Gasteiger partial charge in [-0.3, -0.25) is 0 Å². The van der Waals surface area contributed by atoms with Crippen molar-refractivity contribution in [3.63, 3.8) is 0 Å². The van der Waals surface area contributed by atoms with E-state index in [0.717, 1.165) is 11.0 Å². The van der Waals surface area contributed by atoms with Crippen LogP contribution in [0.3, 0.4) is 0 Å². The van der Waals surface area contributed by atoms with Gasteiger partial charge in [0.1, 0.15) is 0 Å². The molecule has 0 saturated carbocycles. The summed E-state index contributed by atoms with van der Waals surface area (Å²) < 4.78 is 13.6. The topological polar surface area (TPSA) is 48.7 Å². The van der Waals surface area contributed by atoms with Crippen molar-refractivity contribution >= 4 is 18.1 Å². The molecule has 0 aromatic carbocycles. The van der Waals surface area contributed by atoms with Crippen LogP contribution in [0.15, 0.2) is 24.5 Å². The van der Waals surface area contributed by atoms with Gasteiger partial charge in [0.2, 0.25) is 0 Å². The molecule has 1 aliphatic heterocycles. The molecule has 0 spiro atoms. The molecule has 5 nitrogen and oxygen atoms in total. The molecule has 0 bridgehead atoms. The third kappa shape index (κ3) is 1.56. The molecule has 0 radical (unpaired) electrons. The van der Waals surface area contributed by atoms with Crippen LogP contribution in [0.4, 0.5) is 0 Å². The highest BCUT2D eigenvalue weighted by Crippen LogP contribution is 2.36. The molecule has 3 rings (SSSR count). The molecule has 2 aromatic rings. The third-order valence-electron chi connectivity index (χ3n) is 3.84. The summed E-state index contributed by atoms with van der Waals surface area (Å²) >= 11 is 0. The summed E-state index contributed by atoms with van der Waals surface area (Å²) in [5.74, 6) is 0. The van der Waals surface area contributed by atoms with E-state index in [9.17, 15) is 0 Å². The van der Waals surface area contributed by atoms with E-state index < -0.39 is 7.12 Å². The first kappa shape index (κ1) is 11.7. The lowest BCUT2D eigenvalue weighted by Crippen LogP contribution is -2.41. The van der Waals surface area contributed by atoms with Gasteiger partial charge in [-0.1, -0.05) is 0 Å². The maximum Gasteiger partial charge on any atom is 0.498 e. The van der Waals surface area contributed by atoms with Crippen LogP contribution in [-0.4, -0.2) is 33.1 Å². The molecule has 0 N–H and O–H groups in total. The Morgan fingerprint density at radius 3 is 2.44 bits per heavy atom. The Labute approximate surface area is 106 Å². The van der Waals surface area contributed by atoms with Gasteiger partial charge in [0.25, 0.3) is 0 Å². The summed E-state index contributed by atoms with van der Waals surface area (Å²) in [6, 6.07) is 3.84. The molecule has 1 saturated heterocycles.